The van der Waals surface area contributed by atoms with Crippen molar-refractivity contribution in [1.82, 2.24) is 0 Å². The molecular weight excluding hydrogens is 705 g/mol. The van der Waals surface area contributed by atoms with E-state index in [1.807, 2.05) is 0 Å². The van der Waals surface area contributed by atoms with E-state index in [0.717, 1.165) is 83.5 Å². The molecule has 0 saturated heterocycles. The summed E-state index contributed by atoms with van der Waals surface area (Å²) in [4.78, 5) is 24.4. The molecule has 0 saturated carbocycles. The molecule has 5 heteroatoms. The van der Waals surface area contributed by atoms with Crippen LogP contribution in [0.25, 0.3) is 0 Å². The van der Waals surface area contributed by atoms with Crippen molar-refractivity contribution >= 4 is 11.9 Å². The first kappa shape index (κ1) is 54.3. The molecule has 0 spiro atoms. The molecule has 0 aromatic rings. The maximum absolute atomic E-state index is 12.2. The van der Waals surface area contributed by atoms with Crippen LogP contribution >= 0.6 is 0 Å². The molecule has 0 fully saturated rings. The molecule has 0 aromatic carbocycles. The number of unbranched alkanes of at least 4 members (excludes halogenated alkanes) is 23. The summed E-state index contributed by atoms with van der Waals surface area (Å²) in [5.41, 5.74) is 0. The summed E-state index contributed by atoms with van der Waals surface area (Å²) in [7, 11) is 0. The normalized spacial score (nSPS) is 12.8. The number of rotatable bonds is 43. The molecule has 0 rings (SSSR count). The lowest BCUT2D eigenvalue weighted by Gasteiger charge is -2.15. The van der Waals surface area contributed by atoms with Gasteiger partial charge in [-0.2, -0.15) is 0 Å². The number of carbonyl (C=O) groups excluding carboxylic acids is 2. The predicted molar refractivity (Wildman–Crippen MR) is 246 cm³/mol. The highest BCUT2D eigenvalue weighted by atomic mass is 16.6. The van der Waals surface area contributed by atoms with Crippen LogP contribution in [0.15, 0.2) is 72.9 Å². The van der Waals surface area contributed by atoms with Crippen molar-refractivity contribution in [2.24, 2.45) is 0 Å². The van der Waals surface area contributed by atoms with Crippen molar-refractivity contribution < 1.29 is 24.2 Å². The minimum atomic E-state index is -0.778. The quantitative estimate of drug-likeness (QED) is 0.0378. The fourth-order valence-electron chi connectivity index (χ4n) is 6.68. The number of aliphatic hydroxyl groups is 1. The molecule has 57 heavy (non-hydrogen) atoms. The monoisotopic (exact) mass is 795 g/mol. The fraction of sp³-hybridized carbons (Fsp3) is 0.731. The van der Waals surface area contributed by atoms with E-state index in [9.17, 15) is 14.7 Å². The molecule has 0 aliphatic rings. The van der Waals surface area contributed by atoms with E-state index in [-0.39, 0.29) is 25.2 Å². The van der Waals surface area contributed by atoms with Crippen LogP contribution in [0.1, 0.15) is 226 Å². The molecular formula is C52H90O5. The summed E-state index contributed by atoms with van der Waals surface area (Å²) in [6, 6.07) is 0. The van der Waals surface area contributed by atoms with Gasteiger partial charge in [0, 0.05) is 12.8 Å². The Labute approximate surface area is 353 Å². The van der Waals surface area contributed by atoms with Gasteiger partial charge in [-0.05, 0) is 64.2 Å². The number of allylic oxidation sites excluding steroid dienone is 12. The van der Waals surface area contributed by atoms with Crippen molar-refractivity contribution in [2.75, 3.05) is 13.2 Å². The SMILES string of the molecule is CC/C=C\C/C=C\C/C=C\C/C=C\C/C=C\C/C=C\CCCCCCCCCCC(=O)OC(CO)COC(=O)CCCCCCCCCCCCCCCCCC. The van der Waals surface area contributed by atoms with Gasteiger partial charge in [0.1, 0.15) is 6.61 Å². The van der Waals surface area contributed by atoms with Crippen LogP contribution in [-0.4, -0.2) is 36.4 Å². The van der Waals surface area contributed by atoms with Crippen molar-refractivity contribution in [3.05, 3.63) is 72.9 Å². The van der Waals surface area contributed by atoms with Crippen molar-refractivity contribution in [3.63, 3.8) is 0 Å². The van der Waals surface area contributed by atoms with Gasteiger partial charge in [0.05, 0.1) is 6.61 Å². The second-order valence-electron chi connectivity index (χ2n) is 15.8. The van der Waals surface area contributed by atoms with E-state index in [0.29, 0.717) is 12.8 Å². The number of carbonyl (C=O) groups is 2. The van der Waals surface area contributed by atoms with Crippen LogP contribution in [0.5, 0.6) is 0 Å². The number of hydrogen-bond acceptors (Lipinski definition) is 5. The first-order chi connectivity index (χ1) is 28.1. The molecule has 0 aromatic heterocycles. The largest absolute Gasteiger partial charge is 0.462 e. The maximum Gasteiger partial charge on any atom is 0.306 e. The van der Waals surface area contributed by atoms with Crippen molar-refractivity contribution in [2.45, 2.75) is 232 Å². The highest BCUT2D eigenvalue weighted by Gasteiger charge is 2.16. The number of ether oxygens (including phenoxy) is 2. The van der Waals surface area contributed by atoms with Gasteiger partial charge < -0.3 is 14.6 Å². The van der Waals surface area contributed by atoms with E-state index in [4.69, 9.17) is 9.47 Å². The Kier molecular flexibility index (Phi) is 45.5. The van der Waals surface area contributed by atoms with Gasteiger partial charge in [0.2, 0.25) is 0 Å². The highest BCUT2D eigenvalue weighted by molar-refractivity contribution is 5.70. The third-order valence-electron chi connectivity index (χ3n) is 10.3. The topological polar surface area (TPSA) is 72.8 Å². The maximum atomic E-state index is 12.2. The van der Waals surface area contributed by atoms with Gasteiger partial charge in [-0.15, -0.1) is 0 Å². The van der Waals surface area contributed by atoms with Gasteiger partial charge >= 0.3 is 11.9 Å². The third kappa shape index (κ3) is 45.9. The van der Waals surface area contributed by atoms with E-state index in [1.165, 1.54) is 116 Å². The Bertz CT molecular complexity index is 1040. The second-order valence-corrected chi connectivity index (χ2v) is 15.8. The summed E-state index contributed by atoms with van der Waals surface area (Å²) in [6.07, 6.45) is 64.1. The van der Waals surface area contributed by atoms with E-state index in [2.05, 4.69) is 86.8 Å². The van der Waals surface area contributed by atoms with Crippen LogP contribution in [0, 0.1) is 0 Å². The van der Waals surface area contributed by atoms with E-state index >= 15 is 0 Å². The van der Waals surface area contributed by atoms with Crippen molar-refractivity contribution in [3.8, 4) is 0 Å². The number of aliphatic hydroxyl groups excluding tert-OH is 1. The summed E-state index contributed by atoms with van der Waals surface area (Å²) in [5.74, 6) is -0.596. The average molecular weight is 795 g/mol. The summed E-state index contributed by atoms with van der Waals surface area (Å²) < 4.78 is 10.7. The zero-order valence-electron chi connectivity index (χ0n) is 37.3. The number of esters is 2. The predicted octanol–water partition coefficient (Wildman–Crippen LogP) is 15.7. The molecule has 5 nitrogen and oxygen atoms in total. The molecule has 0 amide bonds. The van der Waals surface area contributed by atoms with Crippen LogP contribution in [0.4, 0.5) is 0 Å². The molecule has 0 heterocycles. The van der Waals surface area contributed by atoms with Gasteiger partial charge in [-0.1, -0.05) is 222 Å². The Morgan fingerprint density at radius 3 is 1.14 bits per heavy atom. The lowest BCUT2D eigenvalue weighted by atomic mass is 10.0. The van der Waals surface area contributed by atoms with Gasteiger partial charge in [0.25, 0.3) is 0 Å². The van der Waals surface area contributed by atoms with Crippen LogP contribution in [0.3, 0.4) is 0 Å². The Morgan fingerprint density at radius 2 is 0.754 bits per heavy atom. The molecule has 0 aliphatic heterocycles. The summed E-state index contributed by atoms with van der Waals surface area (Å²) in [6.45, 7) is 4.03. The Balaban J connectivity index is 3.56. The fourth-order valence-corrected chi connectivity index (χ4v) is 6.68. The zero-order chi connectivity index (χ0) is 41.4. The summed E-state index contributed by atoms with van der Waals surface area (Å²) in [5, 5.41) is 9.61. The second kappa shape index (κ2) is 47.7. The lowest BCUT2D eigenvalue weighted by Crippen LogP contribution is -2.28. The van der Waals surface area contributed by atoms with E-state index in [1.54, 1.807) is 0 Å². The minimum absolute atomic E-state index is 0.0694. The average Bonchev–Trinajstić information content (AvgIpc) is 3.21. The first-order valence-corrected chi connectivity index (χ1v) is 24.0. The van der Waals surface area contributed by atoms with Gasteiger partial charge in [0.15, 0.2) is 6.10 Å². The number of hydrogen-bond donors (Lipinski definition) is 1. The third-order valence-corrected chi connectivity index (χ3v) is 10.3. The van der Waals surface area contributed by atoms with Gasteiger partial charge in [-0.3, -0.25) is 9.59 Å². The van der Waals surface area contributed by atoms with Gasteiger partial charge in [-0.25, -0.2) is 0 Å². The van der Waals surface area contributed by atoms with Crippen LogP contribution < -0.4 is 0 Å². The van der Waals surface area contributed by atoms with Crippen LogP contribution in [0.2, 0.25) is 0 Å². The minimum Gasteiger partial charge on any atom is -0.462 e. The lowest BCUT2D eigenvalue weighted by molar-refractivity contribution is -0.161. The van der Waals surface area contributed by atoms with Crippen LogP contribution in [-0.2, 0) is 19.1 Å². The summed E-state index contributed by atoms with van der Waals surface area (Å²) >= 11 is 0. The smallest absolute Gasteiger partial charge is 0.306 e. The first-order valence-electron chi connectivity index (χ1n) is 24.0. The van der Waals surface area contributed by atoms with E-state index < -0.39 is 6.10 Å². The molecule has 328 valence electrons. The highest BCUT2D eigenvalue weighted by Crippen LogP contribution is 2.15. The zero-order valence-corrected chi connectivity index (χ0v) is 37.3. The van der Waals surface area contributed by atoms with Crippen molar-refractivity contribution in [1.29, 1.82) is 0 Å². The molecule has 0 radical (unpaired) electrons. The molecule has 0 bridgehead atoms. The molecule has 1 atom stereocenters. The molecule has 1 N–H and O–H groups in total. The Morgan fingerprint density at radius 1 is 0.421 bits per heavy atom. The molecule has 0 aliphatic carbocycles. The standard InChI is InChI=1S/C52H90O5/c1-3-5-7-9-11-13-15-17-19-21-22-23-24-25-26-27-28-29-30-31-33-35-37-39-41-43-45-47-52(55)57-50(48-53)49-56-51(54)46-44-42-40-38-36-34-32-20-18-16-14-12-10-8-6-4-2/h5,7,11,13,17,19,22-23,25-26,28-29,50,53H,3-4,6,8-10,12,14-16,18,20-21,24,27,30-49H2,1-2H3/b7-5-,13-11-,19-17-,23-22-,26-25-,29-28-. The molecule has 1 unspecified atom stereocenters. The Hall–Kier alpha value is -2.66.